The highest BCUT2D eigenvalue weighted by molar-refractivity contribution is 5.93. The topological polar surface area (TPSA) is 133 Å². The number of anilines is 1. The smallest absolute Gasteiger partial charge is 0.270 e. The molecule has 1 aromatic carbocycles. The maximum absolute atomic E-state index is 12.7. The average Bonchev–Trinajstić information content (AvgIpc) is 3.49. The first-order valence-electron chi connectivity index (χ1n) is 13.7. The SMILES string of the molecule is CC(=O)N1CCC(Nc2ccnc(C(=O)NC[C@H](O)CN3CCc4cc(OCc5cnco5)ccc4C3)c2)CC1. The van der Waals surface area contributed by atoms with Crippen LogP contribution in [0.1, 0.15) is 47.1 Å². The second-order valence-electron chi connectivity index (χ2n) is 10.4. The number of benzene rings is 1. The standard InChI is InChI=1S/C29H36N6O5/c1-20(36)35-10-6-23(7-11-35)33-24-4-8-31-28(13-24)29(38)32-14-25(37)17-34-9-5-21-12-26(3-2-22(21)16-34)39-18-27-15-30-19-40-27/h2-4,8,12-13,15,19,23,25,37H,5-7,9-11,14,16-18H2,1H3,(H,31,33)(H,32,38)/t25-/m0/s1. The zero-order valence-electron chi connectivity index (χ0n) is 22.7. The predicted molar refractivity (Wildman–Crippen MR) is 148 cm³/mol. The van der Waals surface area contributed by atoms with Gasteiger partial charge in [0.2, 0.25) is 5.91 Å². The third-order valence-electron chi connectivity index (χ3n) is 7.40. The van der Waals surface area contributed by atoms with Gasteiger partial charge in [0.25, 0.3) is 5.91 Å². The minimum atomic E-state index is -0.706. The summed E-state index contributed by atoms with van der Waals surface area (Å²) in [5.74, 6) is 1.25. The molecule has 3 aromatic rings. The van der Waals surface area contributed by atoms with E-state index in [9.17, 15) is 14.7 Å². The molecule has 2 amide bonds. The fourth-order valence-corrected chi connectivity index (χ4v) is 5.18. The molecular formula is C29H36N6O5. The molecular weight excluding hydrogens is 512 g/mol. The third kappa shape index (κ3) is 7.36. The second kappa shape index (κ2) is 12.9. The molecule has 40 heavy (non-hydrogen) atoms. The number of hydrogen-bond acceptors (Lipinski definition) is 9. The number of pyridine rings is 1. The van der Waals surface area contributed by atoms with E-state index in [1.54, 1.807) is 25.4 Å². The van der Waals surface area contributed by atoms with Crippen molar-refractivity contribution in [2.75, 3.05) is 38.0 Å². The summed E-state index contributed by atoms with van der Waals surface area (Å²) >= 11 is 0. The molecule has 0 unspecified atom stereocenters. The number of rotatable bonds is 10. The summed E-state index contributed by atoms with van der Waals surface area (Å²) in [5.41, 5.74) is 3.56. The maximum atomic E-state index is 12.7. The van der Waals surface area contributed by atoms with Gasteiger partial charge in [0, 0.05) is 64.1 Å². The highest BCUT2D eigenvalue weighted by Crippen LogP contribution is 2.25. The molecule has 5 rings (SSSR count). The first kappa shape index (κ1) is 27.6. The fraction of sp³-hybridized carbons (Fsp3) is 0.448. The monoisotopic (exact) mass is 548 g/mol. The van der Waals surface area contributed by atoms with Crippen molar-refractivity contribution >= 4 is 17.5 Å². The lowest BCUT2D eigenvalue weighted by Gasteiger charge is -2.32. The van der Waals surface area contributed by atoms with Crippen molar-refractivity contribution in [3.05, 3.63) is 71.7 Å². The number of carbonyl (C=O) groups is 2. The lowest BCUT2D eigenvalue weighted by molar-refractivity contribution is -0.129. The number of hydrogen-bond donors (Lipinski definition) is 3. The molecule has 3 N–H and O–H groups in total. The van der Waals surface area contributed by atoms with Gasteiger partial charge >= 0.3 is 0 Å². The largest absolute Gasteiger partial charge is 0.486 e. The third-order valence-corrected chi connectivity index (χ3v) is 7.40. The number of carbonyl (C=O) groups excluding carboxylic acids is 2. The number of aliphatic hydroxyl groups excluding tert-OH is 1. The lowest BCUT2D eigenvalue weighted by Crippen LogP contribution is -2.42. The Morgan fingerprint density at radius 3 is 2.80 bits per heavy atom. The molecule has 11 nitrogen and oxygen atoms in total. The van der Waals surface area contributed by atoms with E-state index in [-0.39, 0.29) is 24.4 Å². The van der Waals surface area contributed by atoms with Gasteiger partial charge in [0.1, 0.15) is 18.1 Å². The molecule has 0 bridgehead atoms. The number of ether oxygens (including phenoxy) is 1. The van der Waals surface area contributed by atoms with Crippen LogP contribution in [-0.4, -0.2) is 81.6 Å². The zero-order chi connectivity index (χ0) is 27.9. The Labute approximate surface area is 233 Å². The van der Waals surface area contributed by atoms with Crippen molar-refractivity contribution < 1.29 is 23.8 Å². The van der Waals surface area contributed by atoms with Crippen LogP contribution in [0.4, 0.5) is 5.69 Å². The number of likely N-dealkylation sites (tertiary alicyclic amines) is 1. The minimum Gasteiger partial charge on any atom is -0.486 e. The lowest BCUT2D eigenvalue weighted by atomic mass is 9.99. The van der Waals surface area contributed by atoms with Crippen LogP contribution in [0.25, 0.3) is 0 Å². The minimum absolute atomic E-state index is 0.105. The molecule has 11 heteroatoms. The Balaban J connectivity index is 1.05. The molecule has 0 radical (unpaired) electrons. The van der Waals surface area contributed by atoms with Gasteiger partial charge in [-0.1, -0.05) is 6.07 Å². The number of nitrogens with zero attached hydrogens (tertiary/aromatic N) is 4. The zero-order valence-corrected chi connectivity index (χ0v) is 22.7. The summed E-state index contributed by atoms with van der Waals surface area (Å²) in [6, 6.07) is 9.87. The highest BCUT2D eigenvalue weighted by atomic mass is 16.5. The van der Waals surface area contributed by atoms with Crippen LogP contribution in [0, 0.1) is 0 Å². The van der Waals surface area contributed by atoms with Crippen molar-refractivity contribution in [1.82, 2.24) is 25.1 Å². The van der Waals surface area contributed by atoms with E-state index in [2.05, 4.69) is 37.6 Å². The molecule has 4 heterocycles. The normalized spacial score (nSPS) is 16.7. The number of oxazole rings is 1. The van der Waals surface area contributed by atoms with E-state index >= 15 is 0 Å². The summed E-state index contributed by atoms with van der Waals surface area (Å²) in [6.45, 7) is 5.52. The van der Waals surface area contributed by atoms with E-state index in [0.717, 1.165) is 56.9 Å². The Bertz CT molecular complexity index is 1290. The van der Waals surface area contributed by atoms with Gasteiger partial charge in [0.05, 0.1) is 12.3 Å². The van der Waals surface area contributed by atoms with Crippen LogP contribution in [0.15, 0.2) is 53.5 Å². The second-order valence-corrected chi connectivity index (χ2v) is 10.4. The summed E-state index contributed by atoms with van der Waals surface area (Å²) < 4.78 is 11.0. The van der Waals surface area contributed by atoms with Crippen molar-refractivity contribution in [3.8, 4) is 5.75 Å². The number of amides is 2. The van der Waals surface area contributed by atoms with Gasteiger partial charge in [-0.25, -0.2) is 4.98 Å². The molecule has 1 fully saturated rings. The molecule has 212 valence electrons. The Hall–Kier alpha value is -3.96. The quantitative estimate of drug-likeness (QED) is 0.349. The van der Waals surface area contributed by atoms with E-state index in [1.807, 2.05) is 17.0 Å². The maximum Gasteiger partial charge on any atom is 0.270 e. The van der Waals surface area contributed by atoms with Crippen molar-refractivity contribution in [2.45, 2.75) is 51.5 Å². The molecule has 0 saturated carbocycles. The van der Waals surface area contributed by atoms with E-state index in [1.165, 1.54) is 17.5 Å². The van der Waals surface area contributed by atoms with Gasteiger partial charge in [0.15, 0.2) is 12.2 Å². The first-order chi connectivity index (χ1) is 19.4. The van der Waals surface area contributed by atoms with Crippen LogP contribution in [0.5, 0.6) is 5.75 Å². The Morgan fingerprint density at radius 2 is 2.02 bits per heavy atom. The molecule has 0 aliphatic carbocycles. The fourth-order valence-electron chi connectivity index (χ4n) is 5.18. The number of aromatic nitrogens is 2. The van der Waals surface area contributed by atoms with E-state index in [0.29, 0.717) is 24.6 Å². The molecule has 2 aromatic heterocycles. The summed E-state index contributed by atoms with van der Waals surface area (Å²) in [4.78, 5) is 36.4. The molecule has 1 atom stereocenters. The predicted octanol–water partition coefficient (Wildman–Crippen LogP) is 2.22. The van der Waals surface area contributed by atoms with Crippen LogP contribution < -0.4 is 15.4 Å². The number of β-amino-alcohol motifs (C(OH)–C–C–N with tert-alkyl or cyclic N) is 1. The van der Waals surface area contributed by atoms with Gasteiger partial charge < -0.3 is 29.8 Å². The van der Waals surface area contributed by atoms with Crippen LogP contribution in [0.3, 0.4) is 0 Å². The number of nitrogens with one attached hydrogen (secondary N) is 2. The molecule has 2 aliphatic rings. The van der Waals surface area contributed by atoms with E-state index in [4.69, 9.17) is 9.15 Å². The Kier molecular flexibility index (Phi) is 8.92. The first-order valence-corrected chi connectivity index (χ1v) is 13.7. The summed E-state index contributed by atoms with van der Waals surface area (Å²) in [5, 5.41) is 16.9. The summed E-state index contributed by atoms with van der Waals surface area (Å²) in [6.07, 6.45) is 6.49. The molecule has 0 spiro atoms. The van der Waals surface area contributed by atoms with Crippen LogP contribution in [0.2, 0.25) is 0 Å². The molecule has 1 saturated heterocycles. The average molecular weight is 549 g/mol. The van der Waals surface area contributed by atoms with Crippen LogP contribution >= 0.6 is 0 Å². The highest BCUT2D eigenvalue weighted by Gasteiger charge is 2.22. The van der Waals surface area contributed by atoms with Crippen LogP contribution in [-0.2, 0) is 24.4 Å². The van der Waals surface area contributed by atoms with Crippen molar-refractivity contribution in [3.63, 3.8) is 0 Å². The van der Waals surface area contributed by atoms with Gasteiger partial charge in [-0.3, -0.25) is 19.5 Å². The number of piperidine rings is 1. The number of aliphatic hydroxyl groups is 1. The van der Waals surface area contributed by atoms with Crippen molar-refractivity contribution in [1.29, 1.82) is 0 Å². The molecule has 2 aliphatic heterocycles. The number of fused-ring (bicyclic) bond motifs is 1. The summed E-state index contributed by atoms with van der Waals surface area (Å²) in [7, 11) is 0. The van der Waals surface area contributed by atoms with Gasteiger partial charge in [-0.05, 0) is 54.7 Å². The van der Waals surface area contributed by atoms with E-state index < -0.39 is 6.10 Å². The van der Waals surface area contributed by atoms with Crippen molar-refractivity contribution in [2.24, 2.45) is 0 Å². The van der Waals surface area contributed by atoms with Gasteiger partial charge in [-0.2, -0.15) is 0 Å². The Morgan fingerprint density at radius 1 is 1.18 bits per heavy atom. The van der Waals surface area contributed by atoms with Gasteiger partial charge in [-0.15, -0.1) is 0 Å².